The summed E-state index contributed by atoms with van der Waals surface area (Å²) < 4.78 is 1.58. The molecule has 8 atom stereocenters. The molecule has 70 heavy (non-hydrogen) atoms. The Labute approximate surface area is 407 Å². The van der Waals surface area contributed by atoms with Gasteiger partial charge in [0.1, 0.15) is 35.9 Å². The van der Waals surface area contributed by atoms with E-state index in [1.54, 1.807) is 42.3 Å². The molecular formula is C48H59N13O8S. The number of aromatic nitrogens is 4. The predicted molar refractivity (Wildman–Crippen MR) is 260 cm³/mol. The van der Waals surface area contributed by atoms with E-state index in [9.17, 15) is 33.6 Å². The molecule has 0 radical (unpaired) electrons. The third kappa shape index (κ3) is 12.2. The molecule has 2 fully saturated rings. The first kappa shape index (κ1) is 50.4. The fourth-order valence-corrected chi connectivity index (χ4v) is 9.49. The highest BCUT2D eigenvalue weighted by Gasteiger charge is 2.45. The summed E-state index contributed by atoms with van der Waals surface area (Å²) in [6.07, 6.45) is 3.44. The molecule has 7 rings (SSSR count). The lowest BCUT2D eigenvalue weighted by Gasteiger charge is -2.33. The van der Waals surface area contributed by atoms with E-state index < -0.39 is 108 Å². The molecule has 5 aromatic rings. The van der Waals surface area contributed by atoms with E-state index in [0.29, 0.717) is 30.5 Å². The number of rotatable bonds is 10. The van der Waals surface area contributed by atoms with Crippen LogP contribution >= 0.6 is 11.3 Å². The van der Waals surface area contributed by atoms with Gasteiger partial charge in [0, 0.05) is 53.5 Å². The van der Waals surface area contributed by atoms with Crippen molar-refractivity contribution in [2.24, 2.45) is 23.1 Å². The van der Waals surface area contributed by atoms with Crippen molar-refractivity contribution in [1.29, 1.82) is 0 Å². The minimum absolute atomic E-state index is 0.00913. The van der Waals surface area contributed by atoms with Gasteiger partial charge in [-0.25, -0.2) is 4.68 Å². The van der Waals surface area contributed by atoms with Crippen LogP contribution in [0.2, 0.25) is 0 Å². The second-order valence-corrected chi connectivity index (χ2v) is 18.8. The molecule has 3 aromatic heterocycles. The Morgan fingerprint density at radius 3 is 2.30 bits per heavy atom. The Morgan fingerprint density at radius 2 is 1.59 bits per heavy atom. The molecule has 2 aliphatic rings. The first-order valence-electron chi connectivity index (χ1n) is 23.3. The fraction of sp³-hybridized carbons (Fsp3) is 0.417. The SMILES string of the molecule is CC[C@H](C)[C@@H]1NC(=O)[C@H](CC(N)=O)NC(=O)[C@@H](N)CC(=O)NCCCC[C@@H](C(N)=O)NC(=O)[C@H](Cc2c[nH]c3ccccc23)NC(=O)[C@@H]2C[C@H](n3cc(-c4ccc(-c5cccs5)cc4)nn3)CN2C1=O. The second kappa shape index (κ2) is 22.8. The minimum atomic E-state index is -1.58. The quantitative estimate of drug-likeness (QED) is 0.0947. The predicted octanol–water partition coefficient (Wildman–Crippen LogP) is 0.903. The van der Waals surface area contributed by atoms with Crippen LogP contribution in [0.3, 0.4) is 0 Å². The van der Waals surface area contributed by atoms with Crippen molar-refractivity contribution >= 4 is 69.5 Å². The number of hydrogen-bond acceptors (Lipinski definition) is 12. The van der Waals surface area contributed by atoms with Crippen molar-refractivity contribution in [3.63, 3.8) is 0 Å². The summed E-state index contributed by atoms with van der Waals surface area (Å²) in [6, 6.07) is 10.6. The topological polar surface area (TPSA) is 325 Å². The number of fused-ring (bicyclic) bond motifs is 2. The second-order valence-electron chi connectivity index (χ2n) is 17.9. The van der Waals surface area contributed by atoms with Crippen molar-refractivity contribution < 1.29 is 38.4 Å². The van der Waals surface area contributed by atoms with Gasteiger partial charge in [0.15, 0.2) is 0 Å². The number of carbonyl (C=O) groups is 8. The van der Waals surface area contributed by atoms with Gasteiger partial charge >= 0.3 is 0 Å². The number of benzene rings is 2. The van der Waals surface area contributed by atoms with Crippen molar-refractivity contribution in [2.45, 2.75) is 108 Å². The number of nitrogens with two attached hydrogens (primary N) is 3. The normalized spacial score (nSPS) is 24.2. The van der Waals surface area contributed by atoms with Gasteiger partial charge in [-0.3, -0.25) is 38.4 Å². The number of nitrogens with zero attached hydrogens (tertiary/aromatic N) is 4. The number of primary amides is 2. The fourth-order valence-electron chi connectivity index (χ4n) is 8.76. The largest absolute Gasteiger partial charge is 0.370 e. The van der Waals surface area contributed by atoms with Gasteiger partial charge in [0.05, 0.1) is 31.1 Å². The number of hydrogen-bond donors (Lipinski definition) is 9. The molecule has 2 aromatic carbocycles. The van der Waals surface area contributed by atoms with E-state index in [0.717, 1.165) is 26.9 Å². The highest BCUT2D eigenvalue weighted by Crippen LogP contribution is 2.32. The van der Waals surface area contributed by atoms with Crippen LogP contribution in [-0.4, -0.2) is 121 Å². The van der Waals surface area contributed by atoms with Gasteiger partial charge in [-0.05, 0) is 53.8 Å². The van der Waals surface area contributed by atoms with Crippen molar-refractivity contribution in [1.82, 2.24) is 51.5 Å². The Balaban J connectivity index is 1.24. The zero-order valence-electron chi connectivity index (χ0n) is 38.9. The summed E-state index contributed by atoms with van der Waals surface area (Å²) in [5.41, 5.74) is 21.2. The lowest BCUT2D eigenvalue weighted by Crippen LogP contribution is -2.60. The molecule has 0 bridgehead atoms. The number of H-pyrrole nitrogens is 1. The zero-order valence-corrected chi connectivity index (χ0v) is 39.7. The Morgan fingerprint density at radius 1 is 0.857 bits per heavy atom. The van der Waals surface area contributed by atoms with Crippen LogP contribution in [0.25, 0.3) is 32.6 Å². The van der Waals surface area contributed by atoms with Gasteiger partial charge in [0.25, 0.3) is 0 Å². The molecular weight excluding hydrogens is 919 g/mol. The standard InChI is InChI=1S/C48H59N13O8S/c1-3-26(2)42-48(69)60-24-30(61-25-37(58-59-61)27-13-15-28(16-14-27)39-12-8-18-70-39)20-38(60)47(68)56-35(19-29-23-53-33-10-5-4-9-31(29)33)45(66)54-34(43(51)64)11-6-7-17-52-41(63)21-32(49)44(65)55-36(22-40(50)62)46(67)57-42/h4-5,8-10,12-16,18,23,25-26,30,32,34-36,38,42,53H,3,6-7,11,17,19-22,24,49H2,1-2H3,(H2,50,62)(H2,51,64)(H,52,63)(H,54,66)(H,55,65)(H,56,68)(H,57,67)/t26-,30-,32-,34-,35-,36-,38-,42-/m0/s1. The summed E-state index contributed by atoms with van der Waals surface area (Å²) >= 11 is 1.62. The number of aromatic amines is 1. The van der Waals surface area contributed by atoms with Crippen LogP contribution in [0.4, 0.5) is 0 Å². The summed E-state index contributed by atoms with van der Waals surface area (Å²) in [5.74, 6) is -6.83. The van der Waals surface area contributed by atoms with Crippen LogP contribution in [0.15, 0.2) is 78.4 Å². The molecule has 8 amide bonds. The molecule has 370 valence electrons. The molecule has 2 aliphatic heterocycles. The Hall–Kier alpha value is -7.46. The van der Waals surface area contributed by atoms with Crippen LogP contribution in [0.5, 0.6) is 0 Å². The van der Waals surface area contributed by atoms with Crippen molar-refractivity contribution in [3.8, 4) is 21.7 Å². The summed E-state index contributed by atoms with van der Waals surface area (Å²) in [5, 5.41) is 25.1. The van der Waals surface area contributed by atoms with Gasteiger partial charge in [0.2, 0.25) is 47.3 Å². The van der Waals surface area contributed by atoms with E-state index in [1.807, 2.05) is 66.0 Å². The van der Waals surface area contributed by atoms with E-state index in [4.69, 9.17) is 17.2 Å². The zero-order chi connectivity index (χ0) is 50.1. The molecule has 0 aliphatic carbocycles. The molecule has 21 nitrogen and oxygen atoms in total. The molecule has 0 saturated carbocycles. The maximum Gasteiger partial charge on any atom is 0.246 e. The van der Waals surface area contributed by atoms with Gasteiger partial charge in [-0.15, -0.1) is 16.4 Å². The smallest absolute Gasteiger partial charge is 0.246 e. The van der Waals surface area contributed by atoms with E-state index in [1.165, 1.54) is 4.90 Å². The van der Waals surface area contributed by atoms with Gasteiger partial charge < -0.3 is 53.7 Å². The highest BCUT2D eigenvalue weighted by atomic mass is 32.1. The number of amides is 8. The maximum atomic E-state index is 15.1. The van der Waals surface area contributed by atoms with Crippen molar-refractivity contribution in [3.05, 3.63) is 84.0 Å². The van der Waals surface area contributed by atoms with Crippen molar-refractivity contribution in [2.75, 3.05) is 13.1 Å². The Bertz CT molecular complexity index is 2700. The lowest BCUT2D eigenvalue weighted by atomic mass is 9.96. The number of carbonyl (C=O) groups excluding carboxylic acids is 8. The van der Waals surface area contributed by atoms with E-state index in [2.05, 4.69) is 41.9 Å². The lowest BCUT2D eigenvalue weighted by molar-refractivity contribution is -0.143. The molecule has 5 heterocycles. The third-order valence-corrected chi connectivity index (χ3v) is 13.8. The average Bonchev–Trinajstić information content (AvgIpc) is 4.19. The van der Waals surface area contributed by atoms with E-state index in [-0.39, 0.29) is 32.4 Å². The number of nitrogens with one attached hydrogen (secondary N) is 6. The van der Waals surface area contributed by atoms with Crippen LogP contribution in [0, 0.1) is 5.92 Å². The molecule has 0 spiro atoms. The maximum absolute atomic E-state index is 15.1. The van der Waals surface area contributed by atoms with E-state index >= 15 is 4.79 Å². The van der Waals surface area contributed by atoms with Crippen LogP contribution < -0.4 is 43.8 Å². The van der Waals surface area contributed by atoms with Crippen LogP contribution in [-0.2, 0) is 44.8 Å². The minimum Gasteiger partial charge on any atom is -0.370 e. The Kier molecular flexibility index (Phi) is 16.4. The first-order chi connectivity index (χ1) is 33.6. The highest BCUT2D eigenvalue weighted by molar-refractivity contribution is 7.13. The molecule has 12 N–H and O–H groups in total. The number of thiophene rings is 1. The average molecular weight is 978 g/mol. The van der Waals surface area contributed by atoms with Crippen LogP contribution in [0.1, 0.15) is 70.4 Å². The molecule has 0 unspecified atom stereocenters. The summed E-state index contributed by atoms with van der Waals surface area (Å²) in [6.45, 7) is 3.57. The number of para-hydroxylation sites is 1. The van der Waals surface area contributed by atoms with Gasteiger partial charge in [-0.1, -0.05) is 74.0 Å². The molecule has 22 heteroatoms. The monoisotopic (exact) mass is 977 g/mol. The summed E-state index contributed by atoms with van der Waals surface area (Å²) in [4.78, 5) is 115. The third-order valence-electron chi connectivity index (χ3n) is 12.9. The molecule has 2 saturated heterocycles. The first-order valence-corrected chi connectivity index (χ1v) is 24.2. The van der Waals surface area contributed by atoms with Gasteiger partial charge in [-0.2, -0.15) is 0 Å². The summed E-state index contributed by atoms with van der Waals surface area (Å²) in [7, 11) is 0.